The monoisotopic (exact) mass is 300 g/mol. The summed E-state index contributed by atoms with van der Waals surface area (Å²) in [4.78, 5) is 11.5. The van der Waals surface area contributed by atoms with E-state index in [1.165, 1.54) is 19.2 Å². The summed E-state index contributed by atoms with van der Waals surface area (Å²) in [5, 5.41) is 2.92. The van der Waals surface area contributed by atoms with E-state index < -0.39 is 16.1 Å². The number of sulfonamides is 1. The van der Waals surface area contributed by atoms with Crippen LogP contribution in [0, 0.1) is 0 Å². The van der Waals surface area contributed by atoms with E-state index in [1.54, 1.807) is 19.1 Å². The van der Waals surface area contributed by atoms with Gasteiger partial charge in [0.05, 0.1) is 12.0 Å². The van der Waals surface area contributed by atoms with Crippen LogP contribution in [0.2, 0.25) is 0 Å². The number of carbonyl (C=O) groups is 1. The lowest BCUT2D eigenvalue weighted by molar-refractivity contribution is -0.141. The quantitative estimate of drug-likeness (QED) is 0.743. The van der Waals surface area contributed by atoms with E-state index >= 15 is 0 Å². The Balaban J connectivity index is 2.76. The third-order valence-electron chi connectivity index (χ3n) is 2.64. The minimum absolute atomic E-state index is 0.197. The van der Waals surface area contributed by atoms with Crippen LogP contribution in [0.5, 0.6) is 0 Å². The van der Waals surface area contributed by atoms with Crippen molar-refractivity contribution in [1.29, 1.82) is 0 Å². The number of esters is 1. The first-order valence-corrected chi connectivity index (χ1v) is 7.83. The molecule has 6 nitrogen and oxygen atoms in total. The van der Waals surface area contributed by atoms with Gasteiger partial charge in [-0.2, -0.15) is 0 Å². The summed E-state index contributed by atoms with van der Waals surface area (Å²) < 4.78 is 30.8. The van der Waals surface area contributed by atoms with Crippen LogP contribution in [0.15, 0.2) is 29.2 Å². The molecule has 0 aliphatic rings. The summed E-state index contributed by atoms with van der Waals surface area (Å²) >= 11 is 0. The second-order valence-electron chi connectivity index (χ2n) is 4.31. The third kappa shape index (κ3) is 4.50. The van der Waals surface area contributed by atoms with Crippen LogP contribution in [-0.4, -0.2) is 34.1 Å². The highest BCUT2D eigenvalue weighted by atomic mass is 32.2. The molecule has 0 aliphatic carbocycles. The van der Waals surface area contributed by atoms with Gasteiger partial charge in [-0.05, 0) is 37.6 Å². The molecule has 1 unspecified atom stereocenters. The first kappa shape index (κ1) is 16.5. The van der Waals surface area contributed by atoms with Gasteiger partial charge in [0.25, 0.3) is 0 Å². The van der Waals surface area contributed by atoms with Crippen LogP contribution in [0.25, 0.3) is 0 Å². The number of anilines is 1. The minimum atomic E-state index is -3.46. The van der Waals surface area contributed by atoms with Gasteiger partial charge in [0.15, 0.2) is 0 Å². The molecule has 2 N–H and O–H groups in total. The molecule has 0 aromatic heterocycles. The Kier molecular flexibility index (Phi) is 5.97. The average Bonchev–Trinajstić information content (AvgIpc) is 2.44. The molecule has 1 aromatic rings. The standard InChI is InChI=1S/C13H20N2O4S/c1-4-9-14-20(17,18)12-7-5-11(6-8-12)15-10(2)13(16)19-3/h5-8,10,14-15H,4,9H2,1-3H3. The SMILES string of the molecule is CCCNS(=O)(=O)c1ccc(NC(C)C(=O)OC)cc1. The molecule has 0 aliphatic heterocycles. The largest absolute Gasteiger partial charge is 0.467 e. The van der Waals surface area contributed by atoms with Crippen molar-refractivity contribution in [1.82, 2.24) is 4.72 Å². The molecule has 112 valence electrons. The van der Waals surface area contributed by atoms with Crippen LogP contribution in [0.3, 0.4) is 0 Å². The summed E-state index contributed by atoms with van der Waals surface area (Å²) in [5.74, 6) is -0.383. The molecule has 0 bridgehead atoms. The molecule has 20 heavy (non-hydrogen) atoms. The summed E-state index contributed by atoms with van der Waals surface area (Å²) in [7, 11) is -2.14. The van der Waals surface area contributed by atoms with Crippen LogP contribution < -0.4 is 10.0 Å². The number of methoxy groups -OCH3 is 1. The number of rotatable bonds is 7. The summed E-state index contributed by atoms with van der Waals surface area (Å²) in [6.07, 6.45) is 0.732. The third-order valence-corrected chi connectivity index (χ3v) is 4.12. The van der Waals surface area contributed by atoms with Gasteiger partial charge in [0, 0.05) is 12.2 Å². The Morgan fingerprint density at radius 3 is 2.40 bits per heavy atom. The molecule has 0 radical (unpaired) electrons. The van der Waals surface area contributed by atoms with Crippen LogP contribution in [-0.2, 0) is 19.6 Å². The van der Waals surface area contributed by atoms with Gasteiger partial charge in [0.1, 0.15) is 6.04 Å². The molecule has 0 spiro atoms. The first-order chi connectivity index (χ1) is 9.40. The smallest absolute Gasteiger partial charge is 0.327 e. The van der Waals surface area contributed by atoms with E-state index in [-0.39, 0.29) is 10.9 Å². The molecule has 0 fully saturated rings. The van der Waals surface area contributed by atoms with Crippen LogP contribution >= 0.6 is 0 Å². The van der Waals surface area contributed by atoms with Gasteiger partial charge in [-0.3, -0.25) is 0 Å². The molecule has 0 heterocycles. The Bertz CT molecular complexity index is 540. The normalized spacial score (nSPS) is 12.8. The lowest BCUT2D eigenvalue weighted by atomic mass is 10.2. The Hall–Kier alpha value is -1.60. The van der Waals surface area contributed by atoms with Gasteiger partial charge < -0.3 is 10.1 Å². The fraction of sp³-hybridized carbons (Fsp3) is 0.462. The zero-order chi connectivity index (χ0) is 15.2. The van der Waals surface area contributed by atoms with E-state index in [4.69, 9.17) is 0 Å². The minimum Gasteiger partial charge on any atom is -0.467 e. The lowest BCUT2D eigenvalue weighted by Gasteiger charge is -2.13. The summed E-state index contributed by atoms with van der Waals surface area (Å²) in [6.45, 7) is 3.96. The molecule has 0 saturated heterocycles. The van der Waals surface area contributed by atoms with Gasteiger partial charge in [0.2, 0.25) is 10.0 Å². The van der Waals surface area contributed by atoms with Crippen molar-refractivity contribution in [2.45, 2.75) is 31.2 Å². The van der Waals surface area contributed by atoms with E-state index in [2.05, 4.69) is 14.8 Å². The molecule has 0 amide bonds. The predicted molar refractivity (Wildman–Crippen MR) is 77.0 cm³/mol. The fourth-order valence-electron chi connectivity index (χ4n) is 1.54. The summed E-state index contributed by atoms with van der Waals surface area (Å²) in [5.41, 5.74) is 0.650. The highest BCUT2D eigenvalue weighted by Gasteiger charge is 2.15. The van der Waals surface area contributed by atoms with Gasteiger partial charge >= 0.3 is 5.97 Å². The van der Waals surface area contributed by atoms with Gasteiger partial charge in [-0.25, -0.2) is 17.9 Å². The number of ether oxygens (including phenoxy) is 1. The molecular weight excluding hydrogens is 280 g/mol. The average molecular weight is 300 g/mol. The van der Waals surface area contributed by atoms with Crippen LogP contribution in [0.1, 0.15) is 20.3 Å². The van der Waals surface area contributed by atoms with Crippen molar-refractivity contribution in [3.05, 3.63) is 24.3 Å². The van der Waals surface area contributed by atoms with E-state index in [9.17, 15) is 13.2 Å². The molecular formula is C13H20N2O4S. The second kappa shape index (κ2) is 7.25. The van der Waals surface area contributed by atoms with Gasteiger partial charge in [-0.15, -0.1) is 0 Å². The maximum Gasteiger partial charge on any atom is 0.327 e. The van der Waals surface area contributed by atoms with Crippen molar-refractivity contribution in [2.24, 2.45) is 0 Å². The Morgan fingerprint density at radius 1 is 1.30 bits per heavy atom. The second-order valence-corrected chi connectivity index (χ2v) is 6.08. The number of hydrogen-bond acceptors (Lipinski definition) is 5. The predicted octanol–water partition coefficient (Wildman–Crippen LogP) is 1.35. The Labute approximate surface area is 119 Å². The topological polar surface area (TPSA) is 84.5 Å². The van der Waals surface area contributed by atoms with Crippen molar-refractivity contribution < 1.29 is 17.9 Å². The fourth-order valence-corrected chi connectivity index (χ4v) is 2.67. The zero-order valence-corrected chi connectivity index (χ0v) is 12.7. The highest BCUT2D eigenvalue weighted by Crippen LogP contribution is 2.15. The molecule has 1 rings (SSSR count). The molecule has 7 heteroatoms. The molecule has 0 saturated carbocycles. The van der Waals surface area contributed by atoms with Crippen LogP contribution in [0.4, 0.5) is 5.69 Å². The molecule has 1 atom stereocenters. The zero-order valence-electron chi connectivity index (χ0n) is 11.8. The summed E-state index contributed by atoms with van der Waals surface area (Å²) in [6, 6.07) is 5.70. The number of benzene rings is 1. The van der Waals surface area contributed by atoms with Crippen molar-refractivity contribution >= 4 is 21.7 Å². The number of nitrogens with one attached hydrogen (secondary N) is 2. The van der Waals surface area contributed by atoms with Crippen molar-refractivity contribution in [3.8, 4) is 0 Å². The maximum absolute atomic E-state index is 11.9. The maximum atomic E-state index is 11.9. The molecule has 1 aromatic carbocycles. The van der Waals surface area contributed by atoms with Crippen molar-refractivity contribution in [3.63, 3.8) is 0 Å². The number of hydrogen-bond donors (Lipinski definition) is 2. The highest BCUT2D eigenvalue weighted by molar-refractivity contribution is 7.89. The Morgan fingerprint density at radius 2 is 1.90 bits per heavy atom. The van der Waals surface area contributed by atoms with Crippen molar-refractivity contribution in [2.75, 3.05) is 19.0 Å². The van der Waals surface area contributed by atoms with E-state index in [0.29, 0.717) is 12.2 Å². The lowest BCUT2D eigenvalue weighted by Crippen LogP contribution is -2.27. The van der Waals surface area contributed by atoms with E-state index in [0.717, 1.165) is 6.42 Å². The van der Waals surface area contributed by atoms with E-state index in [1.807, 2.05) is 6.92 Å². The van der Waals surface area contributed by atoms with Gasteiger partial charge in [-0.1, -0.05) is 6.92 Å². The first-order valence-electron chi connectivity index (χ1n) is 6.34. The number of carbonyl (C=O) groups excluding carboxylic acids is 1.